The van der Waals surface area contributed by atoms with E-state index in [1.807, 2.05) is 0 Å². The first kappa shape index (κ1) is 24.3. The minimum Gasteiger partial charge on any atom is -0.320 e. The summed E-state index contributed by atoms with van der Waals surface area (Å²) in [6.45, 7) is 0. The number of benzene rings is 2. The van der Waals surface area contributed by atoms with Gasteiger partial charge in [0.2, 0.25) is 21.7 Å². The summed E-state index contributed by atoms with van der Waals surface area (Å²) >= 11 is 0. The second-order valence-corrected chi connectivity index (χ2v) is 9.65. The first-order valence-electron chi connectivity index (χ1n) is 9.16. The summed E-state index contributed by atoms with van der Waals surface area (Å²) in [6.07, 6.45) is 2.77. The number of aromatic nitrogens is 2. The fourth-order valence-corrected chi connectivity index (χ4v) is 3.88. The van der Waals surface area contributed by atoms with E-state index in [1.165, 1.54) is 60.9 Å². The maximum Gasteiger partial charge on any atom is 0.287 e. The summed E-state index contributed by atoms with van der Waals surface area (Å²) in [5, 5.41) is 20.3. The van der Waals surface area contributed by atoms with Crippen LogP contribution >= 0.6 is 0 Å². The van der Waals surface area contributed by atoms with E-state index < -0.39 is 31.7 Å². The monoisotopic (exact) mass is 500 g/mol. The average Bonchev–Trinajstić information content (AvgIpc) is 2.80. The Morgan fingerprint density at radius 2 is 1.47 bits per heavy atom. The molecule has 1 amide bonds. The largest absolute Gasteiger partial charge is 0.320 e. The molecule has 0 aliphatic heterocycles. The Morgan fingerprint density at radius 3 is 2.03 bits per heavy atom. The van der Waals surface area contributed by atoms with E-state index in [9.17, 15) is 26.9 Å². The van der Waals surface area contributed by atoms with E-state index in [4.69, 9.17) is 5.14 Å². The number of nitriles is 1. The van der Waals surface area contributed by atoms with Gasteiger partial charge in [-0.2, -0.15) is 10.4 Å². The maximum atomic E-state index is 12.4. The van der Waals surface area contributed by atoms with Crippen molar-refractivity contribution in [2.45, 2.75) is 9.79 Å². The first-order chi connectivity index (χ1) is 16.1. The van der Waals surface area contributed by atoms with Crippen LogP contribution in [-0.2, 0) is 24.8 Å². The van der Waals surface area contributed by atoms with Gasteiger partial charge in [-0.25, -0.2) is 36.7 Å². The second kappa shape index (κ2) is 10.0. The molecule has 0 radical (unpaired) electrons. The summed E-state index contributed by atoms with van der Waals surface area (Å²) in [4.78, 5) is 19.6. The van der Waals surface area contributed by atoms with Crippen LogP contribution in [0.3, 0.4) is 0 Å². The fourth-order valence-electron chi connectivity index (χ4n) is 2.40. The lowest BCUT2D eigenvalue weighted by Crippen LogP contribution is -2.22. The summed E-state index contributed by atoms with van der Waals surface area (Å²) in [7, 11) is -7.81. The molecule has 3 rings (SSSR count). The van der Waals surface area contributed by atoms with Crippen molar-refractivity contribution in [3.8, 4) is 6.07 Å². The smallest absolute Gasteiger partial charge is 0.287 e. The molecule has 13 nitrogen and oxygen atoms in total. The number of nitrogens with zero attached hydrogens (tertiary/aromatic N) is 4. The quantitative estimate of drug-likeness (QED) is 0.255. The van der Waals surface area contributed by atoms with Crippen LogP contribution in [-0.4, -0.2) is 38.4 Å². The lowest BCUT2D eigenvalue weighted by Gasteiger charge is -2.07. The molecule has 1 aromatic heterocycles. The number of rotatable bonds is 8. The number of amides is 1. The van der Waals surface area contributed by atoms with Crippen molar-refractivity contribution < 1.29 is 21.6 Å². The molecule has 0 saturated heterocycles. The molecule has 0 unspecified atom stereocenters. The molecule has 0 fully saturated rings. The number of carbonyl (C=O) groups excluding carboxylic acids is 1. The van der Waals surface area contributed by atoms with Gasteiger partial charge in [0.25, 0.3) is 15.9 Å². The zero-order valence-corrected chi connectivity index (χ0v) is 18.7. The van der Waals surface area contributed by atoms with E-state index in [-0.39, 0.29) is 21.4 Å². The van der Waals surface area contributed by atoms with Gasteiger partial charge in [-0.1, -0.05) is 0 Å². The Bertz CT molecular complexity index is 1470. The molecule has 0 bridgehead atoms. The van der Waals surface area contributed by atoms with Crippen molar-refractivity contribution in [1.82, 2.24) is 9.97 Å². The molecule has 1 heterocycles. The van der Waals surface area contributed by atoms with Gasteiger partial charge in [0, 0.05) is 18.1 Å². The molecule has 34 heavy (non-hydrogen) atoms. The van der Waals surface area contributed by atoms with Crippen molar-refractivity contribution in [2.75, 3.05) is 15.5 Å². The minimum absolute atomic E-state index is 0.0735. The predicted molar refractivity (Wildman–Crippen MR) is 122 cm³/mol. The summed E-state index contributed by atoms with van der Waals surface area (Å²) in [5.41, 5.74) is 2.47. The van der Waals surface area contributed by atoms with Gasteiger partial charge in [-0.15, -0.1) is 0 Å². The van der Waals surface area contributed by atoms with Crippen LogP contribution in [0.1, 0.15) is 0 Å². The average molecular weight is 501 g/mol. The number of primary sulfonamides is 1. The molecule has 2 aromatic carbocycles. The Hall–Kier alpha value is -4.39. The predicted octanol–water partition coefficient (Wildman–Crippen LogP) is 0.855. The number of sulfonamides is 2. The van der Waals surface area contributed by atoms with Crippen LogP contribution in [0.25, 0.3) is 0 Å². The number of hydrogen-bond donors (Lipinski definition) is 4. The van der Waals surface area contributed by atoms with Gasteiger partial charge in [0.15, 0.2) is 0 Å². The molecule has 0 saturated carbocycles. The van der Waals surface area contributed by atoms with Crippen molar-refractivity contribution >= 4 is 49.0 Å². The van der Waals surface area contributed by atoms with Gasteiger partial charge in [0.05, 0.1) is 15.5 Å². The minimum atomic E-state index is -3.93. The first-order valence-corrected chi connectivity index (χ1v) is 12.2. The molecule has 0 atom stereocenters. The highest BCUT2D eigenvalue weighted by Gasteiger charge is 2.16. The number of anilines is 3. The number of hydrogen-bond acceptors (Lipinski definition) is 10. The molecule has 15 heteroatoms. The molecule has 3 aromatic rings. The number of carbonyl (C=O) groups is 1. The fraction of sp³-hybridized carbons (Fsp3) is 0. The lowest BCUT2D eigenvalue weighted by molar-refractivity contribution is -0.110. The van der Waals surface area contributed by atoms with Crippen LogP contribution in [0, 0.1) is 11.3 Å². The van der Waals surface area contributed by atoms with Crippen LogP contribution in [0.15, 0.2) is 81.9 Å². The highest BCUT2D eigenvalue weighted by Crippen LogP contribution is 2.17. The van der Waals surface area contributed by atoms with E-state index in [2.05, 4.69) is 30.5 Å². The van der Waals surface area contributed by atoms with E-state index in [0.717, 1.165) is 0 Å². The zero-order valence-electron chi connectivity index (χ0n) is 17.1. The Morgan fingerprint density at radius 1 is 0.912 bits per heavy atom. The van der Waals surface area contributed by atoms with Crippen LogP contribution in [0.5, 0.6) is 0 Å². The Balaban J connectivity index is 1.66. The molecular weight excluding hydrogens is 484 g/mol. The molecular formula is C19H16N8O5S2. The normalized spacial score (nSPS) is 11.8. The van der Waals surface area contributed by atoms with Gasteiger partial charge in [0.1, 0.15) is 6.07 Å². The van der Waals surface area contributed by atoms with Crippen LogP contribution < -0.4 is 20.6 Å². The highest BCUT2D eigenvalue weighted by molar-refractivity contribution is 7.92. The Labute approximate surface area is 194 Å². The van der Waals surface area contributed by atoms with E-state index in [1.54, 1.807) is 12.1 Å². The summed E-state index contributed by atoms with van der Waals surface area (Å²) in [5.74, 6) is -0.942. The molecule has 0 spiro atoms. The second-order valence-electron chi connectivity index (χ2n) is 6.41. The third kappa shape index (κ3) is 6.32. The van der Waals surface area contributed by atoms with Gasteiger partial charge < -0.3 is 5.32 Å². The molecule has 5 N–H and O–H groups in total. The molecule has 0 aliphatic carbocycles. The van der Waals surface area contributed by atoms with Crippen molar-refractivity contribution in [3.63, 3.8) is 0 Å². The van der Waals surface area contributed by atoms with Crippen molar-refractivity contribution in [2.24, 2.45) is 10.2 Å². The Kier molecular flexibility index (Phi) is 7.16. The zero-order chi connectivity index (χ0) is 24.8. The van der Waals surface area contributed by atoms with Gasteiger partial charge in [-0.05, 0) is 54.6 Å². The lowest BCUT2D eigenvalue weighted by atomic mass is 10.3. The summed E-state index contributed by atoms with van der Waals surface area (Å²) < 4.78 is 49.6. The molecule has 0 aliphatic rings. The van der Waals surface area contributed by atoms with Crippen LogP contribution in [0.4, 0.5) is 17.3 Å². The maximum absolute atomic E-state index is 12.4. The topological polar surface area (TPSA) is 209 Å². The van der Waals surface area contributed by atoms with Crippen LogP contribution in [0.2, 0.25) is 0 Å². The third-order valence-corrected chi connectivity index (χ3v) is 6.29. The number of hydrazone groups is 1. The van der Waals surface area contributed by atoms with E-state index in [0.29, 0.717) is 5.69 Å². The standard InChI is InChI=1S/C19H16N8O5S2/c20-12-17(18(28)24-13-2-6-15(7-3-13)33(21,29)30)26-25-14-4-8-16(9-5-14)34(31,32)27-19-22-10-1-11-23-19/h1-11,25H,(H,24,28)(H2,21,29,30)(H,22,23,27)/b26-17+. The number of nitrogens with one attached hydrogen (secondary N) is 3. The number of nitrogens with two attached hydrogens (primary N) is 1. The SMILES string of the molecule is N#C/C(=N\Nc1ccc(S(=O)(=O)Nc2ncccn2)cc1)C(=O)Nc1ccc(S(N)(=O)=O)cc1. The van der Waals surface area contributed by atoms with Crippen molar-refractivity contribution in [3.05, 3.63) is 67.0 Å². The van der Waals surface area contributed by atoms with E-state index >= 15 is 0 Å². The van der Waals surface area contributed by atoms with Gasteiger partial charge in [-0.3, -0.25) is 10.2 Å². The van der Waals surface area contributed by atoms with Crippen molar-refractivity contribution in [1.29, 1.82) is 5.26 Å². The summed E-state index contributed by atoms with van der Waals surface area (Å²) in [6, 6.07) is 13.5. The third-order valence-electron chi connectivity index (χ3n) is 4.01. The highest BCUT2D eigenvalue weighted by atomic mass is 32.2. The van der Waals surface area contributed by atoms with Gasteiger partial charge >= 0.3 is 0 Å². The molecule has 174 valence electrons.